The molecule has 1 aliphatic rings. The Kier molecular flexibility index (Phi) is 6.09. The molecule has 0 unspecified atom stereocenters. The summed E-state index contributed by atoms with van der Waals surface area (Å²) in [6.45, 7) is 2.29. The Labute approximate surface area is 173 Å². The van der Waals surface area contributed by atoms with E-state index in [0.717, 1.165) is 12.8 Å². The average molecular weight is 441 g/mol. The van der Waals surface area contributed by atoms with Crippen LogP contribution in [0.25, 0.3) is 0 Å². The van der Waals surface area contributed by atoms with E-state index >= 15 is 0 Å². The monoisotopic (exact) mass is 440 g/mol. The average Bonchev–Trinajstić information content (AvgIpc) is 3.17. The summed E-state index contributed by atoms with van der Waals surface area (Å²) < 4.78 is 27.0. The van der Waals surface area contributed by atoms with Crippen LogP contribution < -0.4 is 5.32 Å². The number of benzene rings is 2. The number of Topliss-reactive ketones (excluding diaryl/α,β-unsaturated/α-hetero) is 1. The van der Waals surface area contributed by atoms with E-state index in [-0.39, 0.29) is 26.3 Å². The summed E-state index contributed by atoms with van der Waals surface area (Å²) in [6, 6.07) is 8.81. The van der Waals surface area contributed by atoms with Crippen molar-refractivity contribution < 1.29 is 18.0 Å². The molecule has 0 aromatic heterocycles. The quantitative estimate of drug-likeness (QED) is 0.704. The van der Waals surface area contributed by atoms with Crippen molar-refractivity contribution in [2.24, 2.45) is 0 Å². The molecule has 1 amide bonds. The fourth-order valence-electron chi connectivity index (χ4n) is 2.96. The number of hydrogen-bond donors (Lipinski definition) is 1. The number of sulfonamides is 1. The van der Waals surface area contributed by atoms with Gasteiger partial charge in [0, 0.05) is 24.3 Å². The van der Waals surface area contributed by atoms with E-state index < -0.39 is 15.9 Å². The number of ketones is 1. The Morgan fingerprint density at radius 1 is 1.00 bits per heavy atom. The molecule has 0 atom stereocenters. The first-order valence-corrected chi connectivity index (χ1v) is 10.8. The van der Waals surface area contributed by atoms with Gasteiger partial charge in [-0.3, -0.25) is 9.59 Å². The second-order valence-electron chi connectivity index (χ2n) is 6.46. The number of halogens is 2. The molecule has 3 rings (SSSR count). The highest BCUT2D eigenvalue weighted by Crippen LogP contribution is 2.32. The summed E-state index contributed by atoms with van der Waals surface area (Å²) in [4.78, 5) is 23.8. The summed E-state index contributed by atoms with van der Waals surface area (Å²) >= 11 is 12.3. The van der Waals surface area contributed by atoms with Gasteiger partial charge in [0.05, 0.1) is 15.6 Å². The Balaban J connectivity index is 1.91. The van der Waals surface area contributed by atoms with E-state index in [9.17, 15) is 18.0 Å². The Hall–Kier alpha value is -1.93. The number of carbonyl (C=O) groups is 2. The molecule has 148 valence electrons. The second kappa shape index (κ2) is 8.21. The van der Waals surface area contributed by atoms with Crippen molar-refractivity contribution in [3.8, 4) is 0 Å². The first kappa shape index (κ1) is 20.8. The predicted octanol–water partition coefficient (Wildman–Crippen LogP) is 4.23. The SMILES string of the molecule is CC(=O)c1ccc(NC(=O)c2cc(S(=O)(=O)N3CCCC3)c(Cl)cc2Cl)cc1. The van der Waals surface area contributed by atoms with Gasteiger partial charge in [0.1, 0.15) is 4.90 Å². The zero-order valence-electron chi connectivity index (χ0n) is 15.0. The maximum atomic E-state index is 12.8. The van der Waals surface area contributed by atoms with Gasteiger partial charge in [-0.05, 0) is 56.2 Å². The van der Waals surface area contributed by atoms with Crippen LogP contribution in [0.4, 0.5) is 5.69 Å². The van der Waals surface area contributed by atoms with Crippen molar-refractivity contribution in [1.29, 1.82) is 0 Å². The van der Waals surface area contributed by atoms with Gasteiger partial charge in [-0.25, -0.2) is 8.42 Å². The van der Waals surface area contributed by atoms with Crippen molar-refractivity contribution in [3.05, 3.63) is 57.6 Å². The highest BCUT2D eigenvalue weighted by atomic mass is 35.5. The third-order valence-electron chi connectivity index (χ3n) is 4.50. The number of anilines is 1. The molecular formula is C19H18Cl2N2O4S. The van der Waals surface area contributed by atoms with Crippen molar-refractivity contribution in [3.63, 3.8) is 0 Å². The lowest BCUT2D eigenvalue weighted by Crippen LogP contribution is -2.28. The number of amides is 1. The molecule has 0 saturated carbocycles. The van der Waals surface area contributed by atoms with Crippen LogP contribution >= 0.6 is 23.2 Å². The van der Waals surface area contributed by atoms with Crippen LogP contribution in [-0.2, 0) is 10.0 Å². The van der Waals surface area contributed by atoms with E-state index in [1.165, 1.54) is 23.4 Å². The Bertz CT molecular complexity index is 1030. The molecule has 1 fully saturated rings. The topological polar surface area (TPSA) is 83.5 Å². The van der Waals surface area contributed by atoms with E-state index in [1.54, 1.807) is 24.3 Å². The normalized spacial score (nSPS) is 14.8. The van der Waals surface area contributed by atoms with Gasteiger partial charge in [-0.15, -0.1) is 0 Å². The first-order valence-electron chi connectivity index (χ1n) is 8.61. The number of rotatable bonds is 5. The molecular weight excluding hydrogens is 423 g/mol. The van der Waals surface area contributed by atoms with Crippen LogP contribution in [0.15, 0.2) is 41.3 Å². The van der Waals surface area contributed by atoms with Crippen molar-refractivity contribution in [2.75, 3.05) is 18.4 Å². The minimum absolute atomic E-state index is 0.000479. The van der Waals surface area contributed by atoms with Gasteiger partial charge in [-0.1, -0.05) is 23.2 Å². The third kappa shape index (κ3) is 4.22. The fourth-order valence-corrected chi connectivity index (χ4v) is 5.31. The second-order valence-corrected chi connectivity index (χ2v) is 9.18. The Morgan fingerprint density at radius 2 is 1.61 bits per heavy atom. The van der Waals surface area contributed by atoms with Crippen LogP contribution in [0.2, 0.25) is 10.0 Å². The molecule has 9 heteroatoms. The van der Waals surface area contributed by atoms with Crippen molar-refractivity contribution >= 4 is 50.6 Å². The van der Waals surface area contributed by atoms with Crippen LogP contribution in [0.3, 0.4) is 0 Å². The van der Waals surface area contributed by atoms with Gasteiger partial charge < -0.3 is 5.32 Å². The van der Waals surface area contributed by atoms with E-state index in [1.807, 2.05) is 0 Å². The maximum Gasteiger partial charge on any atom is 0.257 e. The lowest BCUT2D eigenvalue weighted by atomic mass is 10.1. The standard InChI is InChI=1S/C19H18Cl2N2O4S/c1-12(24)13-4-6-14(7-5-13)22-19(25)15-10-18(17(21)11-16(15)20)28(26,27)23-8-2-3-9-23/h4-7,10-11H,2-3,8-9H2,1H3,(H,22,25). The van der Waals surface area contributed by atoms with E-state index in [4.69, 9.17) is 23.2 Å². The minimum atomic E-state index is -3.80. The zero-order valence-corrected chi connectivity index (χ0v) is 17.4. The molecule has 0 aliphatic carbocycles. The van der Waals surface area contributed by atoms with Gasteiger partial charge in [0.25, 0.3) is 5.91 Å². The summed E-state index contributed by atoms with van der Waals surface area (Å²) in [7, 11) is -3.80. The first-order chi connectivity index (χ1) is 13.2. The van der Waals surface area contributed by atoms with Crippen LogP contribution in [0.1, 0.15) is 40.5 Å². The number of carbonyl (C=O) groups excluding carboxylic acids is 2. The number of nitrogens with zero attached hydrogens (tertiary/aromatic N) is 1. The molecule has 2 aromatic rings. The highest BCUT2D eigenvalue weighted by Gasteiger charge is 2.30. The smallest absolute Gasteiger partial charge is 0.257 e. The van der Waals surface area contributed by atoms with Crippen LogP contribution in [0, 0.1) is 0 Å². The van der Waals surface area contributed by atoms with Gasteiger partial charge in [-0.2, -0.15) is 4.31 Å². The highest BCUT2D eigenvalue weighted by molar-refractivity contribution is 7.89. The lowest BCUT2D eigenvalue weighted by Gasteiger charge is -2.17. The maximum absolute atomic E-state index is 12.8. The molecule has 2 aromatic carbocycles. The summed E-state index contributed by atoms with van der Waals surface area (Å²) in [5.41, 5.74) is 0.964. The van der Waals surface area contributed by atoms with Crippen molar-refractivity contribution in [1.82, 2.24) is 4.31 Å². The number of hydrogen-bond acceptors (Lipinski definition) is 4. The number of nitrogens with one attached hydrogen (secondary N) is 1. The molecule has 1 aliphatic heterocycles. The van der Waals surface area contributed by atoms with Gasteiger partial charge in [0.15, 0.2) is 5.78 Å². The van der Waals surface area contributed by atoms with Crippen LogP contribution in [-0.4, -0.2) is 37.5 Å². The van der Waals surface area contributed by atoms with Crippen molar-refractivity contribution in [2.45, 2.75) is 24.7 Å². The minimum Gasteiger partial charge on any atom is -0.322 e. The molecule has 1 heterocycles. The van der Waals surface area contributed by atoms with Crippen LogP contribution in [0.5, 0.6) is 0 Å². The molecule has 1 saturated heterocycles. The summed E-state index contributed by atoms with van der Waals surface area (Å²) in [5, 5.41) is 2.66. The fraction of sp³-hybridized carbons (Fsp3) is 0.263. The molecule has 0 bridgehead atoms. The largest absolute Gasteiger partial charge is 0.322 e. The summed E-state index contributed by atoms with van der Waals surface area (Å²) in [6.07, 6.45) is 1.57. The van der Waals surface area contributed by atoms with Gasteiger partial charge >= 0.3 is 0 Å². The molecule has 28 heavy (non-hydrogen) atoms. The molecule has 0 spiro atoms. The predicted molar refractivity (Wildman–Crippen MR) is 109 cm³/mol. The summed E-state index contributed by atoms with van der Waals surface area (Å²) in [5.74, 6) is -0.662. The van der Waals surface area contributed by atoms with E-state index in [2.05, 4.69) is 5.32 Å². The Morgan fingerprint density at radius 3 is 2.18 bits per heavy atom. The molecule has 0 radical (unpaired) electrons. The van der Waals surface area contributed by atoms with Gasteiger partial charge in [0.2, 0.25) is 10.0 Å². The third-order valence-corrected chi connectivity index (χ3v) is 7.17. The van der Waals surface area contributed by atoms with E-state index in [0.29, 0.717) is 24.3 Å². The molecule has 6 nitrogen and oxygen atoms in total. The molecule has 1 N–H and O–H groups in total. The lowest BCUT2D eigenvalue weighted by molar-refractivity contribution is 0.101. The zero-order chi connectivity index (χ0) is 20.5.